The zero-order valence-corrected chi connectivity index (χ0v) is 18.1. The molecule has 1 aliphatic rings. The number of rotatable bonds is 5. The van der Waals surface area contributed by atoms with Crippen LogP contribution in [0.25, 0.3) is 0 Å². The van der Waals surface area contributed by atoms with Crippen molar-refractivity contribution < 1.29 is 14.3 Å². The highest BCUT2D eigenvalue weighted by Crippen LogP contribution is 2.26. The molecule has 9 heteroatoms. The number of hydrogen-bond acceptors (Lipinski definition) is 5. The summed E-state index contributed by atoms with van der Waals surface area (Å²) in [5, 5.41) is 16.5. The van der Waals surface area contributed by atoms with Crippen molar-refractivity contribution in [1.82, 2.24) is 25.7 Å². The van der Waals surface area contributed by atoms with Gasteiger partial charge in [0.15, 0.2) is 6.29 Å². The van der Waals surface area contributed by atoms with Crippen LogP contribution < -0.4 is 26.0 Å². The van der Waals surface area contributed by atoms with E-state index in [4.69, 9.17) is 4.74 Å². The van der Waals surface area contributed by atoms with Gasteiger partial charge in [-0.3, -0.25) is 15.4 Å². The number of nitrogens with zero attached hydrogens (tertiary/aromatic N) is 2. The summed E-state index contributed by atoms with van der Waals surface area (Å²) < 4.78 is 6.76. The molecule has 0 saturated carbocycles. The molecule has 0 aliphatic carbocycles. The second-order valence-electron chi connectivity index (χ2n) is 8.51. The zero-order chi connectivity index (χ0) is 21.9. The number of methoxy groups -OCH3 is 1. The van der Waals surface area contributed by atoms with Crippen LogP contribution in [0.15, 0.2) is 30.3 Å². The number of benzene rings is 1. The number of ether oxygens (including phenoxy) is 1. The van der Waals surface area contributed by atoms with E-state index in [1.54, 1.807) is 11.8 Å². The van der Waals surface area contributed by atoms with Crippen molar-refractivity contribution in [2.45, 2.75) is 58.4 Å². The van der Waals surface area contributed by atoms with Crippen molar-refractivity contribution in [3.05, 3.63) is 41.6 Å². The fourth-order valence-corrected chi connectivity index (χ4v) is 3.13. The fraction of sp³-hybridized carbons (Fsp3) is 0.476. The van der Waals surface area contributed by atoms with Gasteiger partial charge in [-0.25, -0.2) is 9.48 Å². The molecule has 3 amide bonds. The maximum atomic E-state index is 12.5. The molecule has 2 unspecified atom stereocenters. The number of anilines is 1. The Labute approximate surface area is 176 Å². The normalized spacial score (nSPS) is 19.2. The third kappa shape index (κ3) is 5.29. The highest BCUT2D eigenvalue weighted by Gasteiger charge is 2.29. The molecule has 30 heavy (non-hydrogen) atoms. The summed E-state index contributed by atoms with van der Waals surface area (Å²) in [5.41, 5.74) is 1.54. The highest BCUT2D eigenvalue weighted by molar-refractivity contribution is 5.88. The van der Waals surface area contributed by atoms with Crippen LogP contribution in [0.1, 0.15) is 51.7 Å². The summed E-state index contributed by atoms with van der Waals surface area (Å²) in [6.07, 6.45) is -0.135. The van der Waals surface area contributed by atoms with Gasteiger partial charge in [0, 0.05) is 30.5 Å². The minimum Gasteiger partial charge on any atom is -0.497 e. The van der Waals surface area contributed by atoms with Crippen molar-refractivity contribution in [2.24, 2.45) is 0 Å². The van der Waals surface area contributed by atoms with Gasteiger partial charge in [-0.2, -0.15) is 5.10 Å². The maximum Gasteiger partial charge on any atom is 0.320 e. The lowest BCUT2D eigenvalue weighted by Crippen LogP contribution is -2.52. The molecule has 2 aromatic rings. The topological polar surface area (TPSA) is 109 Å². The second kappa shape index (κ2) is 8.74. The number of hydrogen-bond donors (Lipinski definition) is 4. The van der Waals surface area contributed by atoms with Crippen LogP contribution in [-0.2, 0) is 16.8 Å². The Morgan fingerprint density at radius 3 is 2.60 bits per heavy atom. The lowest BCUT2D eigenvalue weighted by atomic mass is 9.92. The summed E-state index contributed by atoms with van der Waals surface area (Å²) in [5.74, 6) is 1.20. The average Bonchev–Trinajstić information content (AvgIpc) is 3.10. The van der Waals surface area contributed by atoms with Gasteiger partial charge >= 0.3 is 6.03 Å². The van der Waals surface area contributed by atoms with Crippen LogP contribution in [0.3, 0.4) is 0 Å². The largest absolute Gasteiger partial charge is 0.497 e. The van der Waals surface area contributed by atoms with Crippen molar-refractivity contribution >= 4 is 17.8 Å². The summed E-state index contributed by atoms with van der Waals surface area (Å²) in [6, 6.07) is 8.95. The predicted octanol–water partition coefficient (Wildman–Crippen LogP) is 2.46. The van der Waals surface area contributed by atoms with E-state index in [0.29, 0.717) is 18.8 Å². The van der Waals surface area contributed by atoms with Gasteiger partial charge in [0.2, 0.25) is 5.91 Å². The number of carbonyl (C=O) groups is 2. The predicted molar refractivity (Wildman–Crippen MR) is 114 cm³/mol. The minimum atomic E-state index is -0.533. The first-order valence-corrected chi connectivity index (χ1v) is 9.99. The van der Waals surface area contributed by atoms with E-state index >= 15 is 0 Å². The number of carbonyl (C=O) groups excluding carboxylic acids is 2. The van der Waals surface area contributed by atoms with Gasteiger partial charge in [-0.1, -0.05) is 32.9 Å². The summed E-state index contributed by atoms with van der Waals surface area (Å²) in [7, 11) is 1.61. The van der Waals surface area contributed by atoms with Gasteiger partial charge in [0.05, 0.1) is 12.8 Å². The third-order valence-corrected chi connectivity index (χ3v) is 4.83. The molecule has 3 rings (SSSR count). The number of aromatic nitrogens is 2. The second-order valence-corrected chi connectivity index (χ2v) is 8.51. The standard InChI is InChI=1S/C21H30N6O3/c1-13-10-18(28)25-19(23-13)27-17(11-16(26-27)21(2,3)4)24-20(29)22-12-14-6-8-15(30-5)9-7-14/h6-9,11,13,19,23H,10,12H2,1-5H3,(H,25,28)(H2,22,24,29). The maximum absolute atomic E-state index is 12.5. The Kier molecular flexibility index (Phi) is 6.31. The molecule has 162 valence electrons. The first-order chi connectivity index (χ1) is 14.2. The molecule has 1 aromatic carbocycles. The van der Waals surface area contributed by atoms with Gasteiger partial charge in [0.25, 0.3) is 0 Å². The van der Waals surface area contributed by atoms with Crippen LogP contribution in [0.5, 0.6) is 5.75 Å². The molecule has 0 spiro atoms. The quantitative estimate of drug-likeness (QED) is 0.601. The van der Waals surface area contributed by atoms with Gasteiger partial charge < -0.3 is 15.4 Å². The smallest absolute Gasteiger partial charge is 0.320 e. The van der Waals surface area contributed by atoms with Gasteiger partial charge in [-0.15, -0.1) is 0 Å². The minimum absolute atomic E-state index is 0.00258. The number of amides is 3. The van der Waals surface area contributed by atoms with E-state index in [2.05, 4.69) is 26.4 Å². The van der Waals surface area contributed by atoms with Crippen LogP contribution in [0.2, 0.25) is 0 Å². The number of nitrogens with one attached hydrogen (secondary N) is 4. The summed E-state index contributed by atoms with van der Waals surface area (Å²) in [6.45, 7) is 8.44. The Bertz CT molecular complexity index is 900. The molecule has 1 aromatic heterocycles. The van der Waals surface area contributed by atoms with Crippen molar-refractivity contribution in [3.63, 3.8) is 0 Å². The lowest BCUT2D eigenvalue weighted by molar-refractivity contribution is -0.125. The molecule has 9 nitrogen and oxygen atoms in total. The molecule has 1 aliphatic heterocycles. The van der Waals surface area contributed by atoms with E-state index in [1.807, 2.05) is 58.0 Å². The molecule has 1 saturated heterocycles. The summed E-state index contributed by atoms with van der Waals surface area (Å²) in [4.78, 5) is 24.5. The Hall–Kier alpha value is -3.07. The molecule has 2 heterocycles. The highest BCUT2D eigenvalue weighted by atomic mass is 16.5. The third-order valence-electron chi connectivity index (χ3n) is 4.83. The van der Waals surface area contributed by atoms with Crippen molar-refractivity contribution in [2.75, 3.05) is 12.4 Å². The fourth-order valence-electron chi connectivity index (χ4n) is 3.13. The molecule has 1 fully saturated rings. The average molecular weight is 415 g/mol. The first-order valence-electron chi connectivity index (χ1n) is 9.99. The Morgan fingerprint density at radius 2 is 2.00 bits per heavy atom. The first kappa shape index (κ1) is 21.6. The Morgan fingerprint density at radius 1 is 1.30 bits per heavy atom. The van der Waals surface area contributed by atoms with Crippen LogP contribution >= 0.6 is 0 Å². The van der Waals surface area contributed by atoms with Crippen LogP contribution in [-0.4, -0.2) is 34.9 Å². The zero-order valence-electron chi connectivity index (χ0n) is 18.1. The van der Waals surface area contributed by atoms with Crippen molar-refractivity contribution in [3.8, 4) is 5.75 Å². The van der Waals surface area contributed by atoms with Crippen LogP contribution in [0, 0.1) is 0 Å². The van der Waals surface area contributed by atoms with E-state index in [9.17, 15) is 9.59 Å². The number of urea groups is 1. The van der Waals surface area contributed by atoms with E-state index in [1.165, 1.54) is 0 Å². The molecular formula is C21H30N6O3. The lowest BCUT2D eigenvalue weighted by Gasteiger charge is -2.30. The molecule has 2 atom stereocenters. The Balaban J connectivity index is 1.73. The summed E-state index contributed by atoms with van der Waals surface area (Å²) >= 11 is 0. The van der Waals surface area contributed by atoms with E-state index < -0.39 is 6.29 Å². The van der Waals surface area contributed by atoms with E-state index in [-0.39, 0.29) is 23.4 Å². The van der Waals surface area contributed by atoms with Gasteiger partial charge in [-0.05, 0) is 24.6 Å². The SMILES string of the molecule is COc1ccc(CNC(=O)Nc2cc(C(C)(C)C)nn2C2NC(=O)CC(C)N2)cc1. The van der Waals surface area contributed by atoms with E-state index in [0.717, 1.165) is 17.0 Å². The molecular weight excluding hydrogens is 384 g/mol. The van der Waals surface area contributed by atoms with Gasteiger partial charge in [0.1, 0.15) is 11.6 Å². The van der Waals surface area contributed by atoms with Crippen molar-refractivity contribution in [1.29, 1.82) is 0 Å². The molecule has 0 bridgehead atoms. The van der Waals surface area contributed by atoms with Crippen LogP contribution in [0.4, 0.5) is 10.6 Å². The molecule has 0 radical (unpaired) electrons. The molecule has 4 N–H and O–H groups in total. The monoisotopic (exact) mass is 414 g/mol.